The molecule has 2 aliphatic rings. The minimum Gasteiger partial charge on any atom is -0.347 e. The lowest BCUT2D eigenvalue weighted by molar-refractivity contribution is -0.137. The smallest absolute Gasteiger partial charge is 0.347 e. The van der Waals surface area contributed by atoms with Crippen LogP contribution in [0.25, 0.3) is 5.70 Å². The molecule has 1 fully saturated rings. The number of nitrogens with zero attached hydrogens (tertiary/aromatic N) is 2. The van der Waals surface area contributed by atoms with Crippen molar-refractivity contribution in [2.24, 2.45) is 0 Å². The molecule has 6 nitrogen and oxygen atoms in total. The Labute approximate surface area is 195 Å². The molecule has 0 aliphatic carbocycles. The van der Waals surface area contributed by atoms with E-state index in [1.807, 2.05) is 0 Å². The minimum absolute atomic E-state index is 0.0673. The highest BCUT2D eigenvalue weighted by atomic mass is 19.4. The highest BCUT2D eigenvalue weighted by Crippen LogP contribution is 2.32. The third-order valence-electron chi connectivity index (χ3n) is 6.13. The Balaban J connectivity index is 1.47. The number of benzene rings is 2. The van der Waals surface area contributed by atoms with E-state index in [0.29, 0.717) is 36.2 Å². The number of amides is 3. The lowest BCUT2D eigenvalue weighted by atomic mass is 10.0. The molecule has 1 saturated heterocycles. The SMILES string of the molecule is C=C1c2ccccc2C(=O)N1CCC(=O)NC(CN1CCCC1=O)c1cccc(C(F)(F)F)c1. The number of carbonyl (C=O) groups excluding carboxylic acids is 3. The van der Waals surface area contributed by atoms with Crippen LogP contribution in [0.15, 0.2) is 55.1 Å². The van der Waals surface area contributed by atoms with Gasteiger partial charge in [0.15, 0.2) is 0 Å². The molecule has 1 N–H and O–H groups in total. The van der Waals surface area contributed by atoms with Crippen molar-refractivity contribution in [2.75, 3.05) is 19.6 Å². The first kappa shape index (κ1) is 23.5. The molecule has 2 aromatic rings. The standard InChI is InChI=1S/C25H24F3N3O3/c1-16-19-8-2-3-9-20(19)24(34)31(16)13-11-22(32)29-21(15-30-12-5-10-23(30)33)17-6-4-7-18(14-17)25(26,27)28/h2-4,6-9,14,21H,1,5,10-13,15H2,(H,29,32). The van der Waals surface area contributed by atoms with Gasteiger partial charge in [-0.2, -0.15) is 13.2 Å². The molecule has 34 heavy (non-hydrogen) atoms. The summed E-state index contributed by atoms with van der Waals surface area (Å²) in [5, 5.41) is 2.77. The van der Waals surface area contributed by atoms with Crippen LogP contribution in [0.1, 0.15) is 52.4 Å². The summed E-state index contributed by atoms with van der Waals surface area (Å²) in [5.74, 6) is -0.779. The van der Waals surface area contributed by atoms with Crippen LogP contribution in [-0.2, 0) is 15.8 Å². The summed E-state index contributed by atoms with van der Waals surface area (Å²) < 4.78 is 39.7. The Kier molecular flexibility index (Phi) is 6.45. The summed E-state index contributed by atoms with van der Waals surface area (Å²) in [6.07, 6.45) is -3.55. The Hall–Kier alpha value is -3.62. The van der Waals surface area contributed by atoms with Gasteiger partial charge < -0.3 is 15.1 Å². The molecule has 0 aromatic heterocycles. The van der Waals surface area contributed by atoms with E-state index < -0.39 is 23.7 Å². The van der Waals surface area contributed by atoms with Crippen LogP contribution in [0.4, 0.5) is 13.2 Å². The maximum atomic E-state index is 13.2. The Morgan fingerprint density at radius 3 is 2.47 bits per heavy atom. The third-order valence-corrected chi connectivity index (χ3v) is 6.13. The molecule has 2 aromatic carbocycles. The van der Waals surface area contributed by atoms with Crippen LogP contribution < -0.4 is 5.32 Å². The van der Waals surface area contributed by atoms with Crippen molar-refractivity contribution in [3.63, 3.8) is 0 Å². The Morgan fingerprint density at radius 1 is 1.09 bits per heavy atom. The van der Waals surface area contributed by atoms with Gasteiger partial charge in [-0.1, -0.05) is 36.9 Å². The van der Waals surface area contributed by atoms with Gasteiger partial charge in [0.2, 0.25) is 11.8 Å². The molecule has 0 bridgehead atoms. The molecular weight excluding hydrogens is 447 g/mol. The first-order chi connectivity index (χ1) is 16.1. The maximum absolute atomic E-state index is 13.2. The number of fused-ring (bicyclic) bond motifs is 1. The van der Waals surface area contributed by atoms with Crippen molar-refractivity contribution in [2.45, 2.75) is 31.5 Å². The normalized spacial score (nSPS) is 16.7. The van der Waals surface area contributed by atoms with Gasteiger partial charge in [-0.05, 0) is 30.2 Å². The second-order valence-corrected chi connectivity index (χ2v) is 8.39. The Morgan fingerprint density at radius 2 is 1.82 bits per heavy atom. The van der Waals surface area contributed by atoms with E-state index >= 15 is 0 Å². The van der Waals surface area contributed by atoms with E-state index in [-0.39, 0.29) is 36.9 Å². The highest BCUT2D eigenvalue weighted by Gasteiger charge is 2.33. The quantitative estimate of drug-likeness (QED) is 0.664. The van der Waals surface area contributed by atoms with Gasteiger partial charge in [-0.25, -0.2) is 0 Å². The average Bonchev–Trinajstić information content (AvgIpc) is 3.32. The fourth-order valence-corrected chi connectivity index (χ4v) is 4.33. The van der Waals surface area contributed by atoms with Crippen LogP contribution in [0, 0.1) is 0 Å². The van der Waals surface area contributed by atoms with Gasteiger partial charge in [0.1, 0.15) is 0 Å². The van der Waals surface area contributed by atoms with E-state index in [2.05, 4.69) is 11.9 Å². The number of nitrogens with one attached hydrogen (secondary N) is 1. The van der Waals surface area contributed by atoms with Crippen molar-refractivity contribution in [3.8, 4) is 0 Å². The van der Waals surface area contributed by atoms with Crippen LogP contribution >= 0.6 is 0 Å². The fraction of sp³-hybridized carbons (Fsp3) is 0.320. The molecule has 0 spiro atoms. The zero-order valence-electron chi connectivity index (χ0n) is 18.4. The summed E-state index contributed by atoms with van der Waals surface area (Å²) in [6.45, 7) is 4.59. The van der Waals surface area contributed by atoms with Gasteiger partial charge in [0, 0.05) is 49.3 Å². The first-order valence-corrected chi connectivity index (χ1v) is 11.0. The zero-order chi connectivity index (χ0) is 24.5. The fourth-order valence-electron chi connectivity index (χ4n) is 4.33. The van der Waals surface area contributed by atoms with Crippen molar-refractivity contribution in [3.05, 3.63) is 77.4 Å². The highest BCUT2D eigenvalue weighted by molar-refractivity contribution is 6.08. The molecule has 178 valence electrons. The van der Waals surface area contributed by atoms with Crippen molar-refractivity contribution in [1.82, 2.24) is 15.1 Å². The van der Waals surface area contributed by atoms with Gasteiger partial charge in [-0.3, -0.25) is 14.4 Å². The van der Waals surface area contributed by atoms with E-state index in [4.69, 9.17) is 0 Å². The van der Waals surface area contributed by atoms with Gasteiger partial charge in [0.25, 0.3) is 5.91 Å². The van der Waals surface area contributed by atoms with E-state index in [1.54, 1.807) is 29.2 Å². The summed E-state index contributed by atoms with van der Waals surface area (Å²) >= 11 is 0. The summed E-state index contributed by atoms with van der Waals surface area (Å²) in [4.78, 5) is 40.5. The number of likely N-dealkylation sites (tertiary alicyclic amines) is 1. The van der Waals surface area contributed by atoms with Crippen molar-refractivity contribution >= 4 is 23.4 Å². The van der Waals surface area contributed by atoms with Crippen LogP contribution in [0.3, 0.4) is 0 Å². The predicted octanol–water partition coefficient (Wildman–Crippen LogP) is 4.00. The van der Waals surface area contributed by atoms with Crippen LogP contribution in [0.5, 0.6) is 0 Å². The topological polar surface area (TPSA) is 69.7 Å². The lowest BCUT2D eigenvalue weighted by Gasteiger charge is -2.26. The number of halogens is 3. The monoisotopic (exact) mass is 471 g/mol. The maximum Gasteiger partial charge on any atom is 0.416 e. The summed E-state index contributed by atoms with van der Waals surface area (Å²) in [5.41, 5.74) is 1.17. The van der Waals surface area contributed by atoms with Crippen molar-refractivity contribution in [1.29, 1.82) is 0 Å². The number of hydrogen-bond acceptors (Lipinski definition) is 3. The molecule has 0 saturated carbocycles. The first-order valence-electron chi connectivity index (χ1n) is 11.0. The van der Waals surface area contributed by atoms with Crippen LogP contribution in [0.2, 0.25) is 0 Å². The Bertz CT molecular complexity index is 1110. The summed E-state index contributed by atoms with van der Waals surface area (Å²) in [6, 6.07) is 11.0. The van der Waals surface area contributed by atoms with E-state index in [9.17, 15) is 27.6 Å². The molecular formula is C25H24F3N3O3. The third kappa shape index (κ3) is 4.83. The predicted molar refractivity (Wildman–Crippen MR) is 119 cm³/mol. The zero-order valence-corrected chi connectivity index (χ0v) is 18.4. The molecule has 2 aliphatic heterocycles. The molecule has 1 atom stereocenters. The average molecular weight is 471 g/mol. The molecule has 0 radical (unpaired) electrons. The minimum atomic E-state index is -4.53. The van der Waals surface area contributed by atoms with E-state index in [1.165, 1.54) is 17.0 Å². The van der Waals surface area contributed by atoms with Crippen molar-refractivity contribution < 1.29 is 27.6 Å². The largest absolute Gasteiger partial charge is 0.416 e. The molecule has 3 amide bonds. The number of carbonyl (C=O) groups is 3. The molecule has 2 heterocycles. The van der Waals surface area contributed by atoms with Gasteiger partial charge in [-0.15, -0.1) is 0 Å². The molecule has 1 unspecified atom stereocenters. The number of rotatable bonds is 7. The van der Waals surface area contributed by atoms with Gasteiger partial charge in [0.05, 0.1) is 11.6 Å². The summed E-state index contributed by atoms with van der Waals surface area (Å²) in [7, 11) is 0. The van der Waals surface area contributed by atoms with Crippen LogP contribution in [-0.4, -0.2) is 47.2 Å². The molecule has 4 rings (SSSR count). The second-order valence-electron chi connectivity index (χ2n) is 8.39. The van der Waals surface area contributed by atoms with E-state index in [0.717, 1.165) is 12.1 Å². The van der Waals surface area contributed by atoms with Gasteiger partial charge >= 0.3 is 6.18 Å². The number of alkyl halides is 3. The molecule has 9 heteroatoms. The lowest BCUT2D eigenvalue weighted by Crippen LogP contribution is -2.39. The number of hydrogen-bond donors (Lipinski definition) is 1. The second kappa shape index (κ2) is 9.32.